The van der Waals surface area contributed by atoms with Crippen LogP contribution in [0.25, 0.3) is 0 Å². The number of rotatable bonds is 9. The van der Waals surface area contributed by atoms with Crippen LogP contribution >= 0.6 is 0 Å². The SMILES string of the molecule is CCNC(=NCc1ccccc1)Nc1cccc(OCCCOC)c1. The first-order chi connectivity index (χ1) is 12.3. The first kappa shape index (κ1) is 18.8. The summed E-state index contributed by atoms with van der Waals surface area (Å²) < 4.78 is 10.8. The van der Waals surface area contributed by atoms with E-state index in [0.29, 0.717) is 19.8 Å². The van der Waals surface area contributed by atoms with Gasteiger partial charge in [0.05, 0.1) is 13.2 Å². The van der Waals surface area contributed by atoms with Crippen molar-refractivity contribution in [2.24, 2.45) is 4.99 Å². The number of nitrogens with one attached hydrogen (secondary N) is 2. The van der Waals surface area contributed by atoms with Crippen molar-refractivity contribution < 1.29 is 9.47 Å². The van der Waals surface area contributed by atoms with E-state index in [-0.39, 0.29) is 0 Å². The second kappa shape index (κ2) is 11.1. The number of guanidine groups is 1. The van der Waals surface area contributed by atoms with Crippen molar-refractivity contribution in [3.05, 3.63) is 60.2 Å². The van der Waals surface area contributed by atoms with Crippen molar-refractivity contribution in [3.8, 4) is 5.75 Å². The standard InChI is InChI=1S/C20H27N3O2/c1-3-21-20(22-16-17-9-5-4-6-10-17)23-18-11-7-12-19(15-18)25-14-8-13-24-2/h4-7,9-12,15H,3,8,13-14,16H2,1-2H3,(H2,21,22,23). The summed E-state index contributed by atoms with van der Waals surface area (Å²) in [4.78, 5) is 4.63. The fourth-order valence-corrected chi connectivity index (χ4v) is 2.25. The van der Waals surface area contributed by atoms with Gasteiger partial charge in [0, 0.05) is 38.4 Å². The Morgan fingerprint density at radius 1 is 1.04 bits per heavy atom. The number of methoxy groups -OCH3 is 1. The van der Waals surface area contributed by atoms with Gasteiger partial charge < -0.3 is 20.1 Å². The van der Waals surface area contributed by atoms with E-state index in [0.717, 1.165) is 30.4 Å². The van der Waals surface area contributed by atoms with Gasteiger partial charge in [0.15, 0.2) is 5.96 Å². The molecule has 134 valence electrons. The van der Waals surface area contributed by atoms with E-state index in [4.69, 9.17) is 9.47 Å². The normalized spacial score (nSPS) is 11.2. The highest BCUT2D eigenvalue weighted by atomic mass is 16.5. The molecule has 0 aliphatic rings. The lowest BCUT2D eigenvalue weighted by atomic mass is 10.2. The maximum absolute atomic E-state index is 5.74. The molecule has 5 nitrogen and oxygen atoms in total. The van der Waals surface area contributed by atoms with Crippen molar-refractivity contribution in [1.82, 2.24) is 5.32 Å². The molecule has 0 amide bonds. The molecule has 0 fully saturated rings. The zero-order chi connectivity index (χ0) is 17.7. The van der Waals surface area contributed by atoms with Crippen molar-refractivity contribution in [3.63, 3.8) is 0 Å². The summed E-state index contributed by atoms with van der Waals surface area (Å²) in [5.41, 5.74) is 2.12. The van der Waals surface area contributed by atoms with Gasteiger partial charge in [0.1, 0.15) is 5.75 Å². The molecule has 0 aliphatic heterocycles. The zero-order valence-corrected chi connectivity index (χ0v) is 15.0. The Morgan fingerprint density at radius 2 is 1.88 bits per heavy atom. The number of benzene rings is 2. The van der Waals surface area contributed by atoms with Crippen LogP contribution in [0, 0.1) is 0 Å². The predicted octanol–water partition coefficient (Wildman–Crippen LogP) is 3.68. The van der Waals surface area contributed by atoms with Gasteiger partial charge in [0.2, 0.25) is 0 Å². The Kier molecular flexibility index (Phi) is 8.35. The quantitative estimate of drug-likeness (QED) is 0.415. The third kappa shape index (κ3) is 7.27. The molecule has 25 heavy (non-hydrogen) atoms. The topological polar surface area (TPSA) is 54.9 Å². The number of nitrogens with zero attached hydrogens (tertiary/aromatic N) is 1. The van der Waals surface area contributed by atoms with Gasteiger partial charge in [-0.3, -0.25) is 0 Å². The molecule has 0 spiro atoms. The number of aliphatic imine (C=N–C) groups is 1. The van der Waals surface area contributed by atoms with Crippen molar-refractivity contribution in [2.75, 3.05) is 32.2 Å². The van der Waals surface area contributed by atoms with E-state index in [1.807, 2.05) is 42.5 Å². The number of hydrogen-bond acceptors (Lipinski definition) is 3. The fraction of sp³-hybridized carbons (Fsp3) is 0.350. The molecule has 0 radical (unpaired) electrons. The molecule has 0 heterocycles. The first-order valence-electron chi connectivity index (χ1n) is 8.63. The molecule has 5 heteroatoms. The zero-order valence-electron chi connectivity index (χ0n) is 15.0. The lowest BCUT2D eigenvalue weighted by molar-refractivity contribution is 0.172. The average Bonchev–Trinajstić information content (AvgIpc) is 2.65. The highest BCUT2D eigenvalue weighted by Crippen LogP contribution is 2.17. The van der Waals surface area contributed by atoms with Crippen LogP contribution in [0.3, 0.4) is 0 Å². The molecule has 2 N–H and O–H groups in total. The summed E-state index contributed by atoms with van der Waals surface area (Å²) in [6.45, 7) is 4.82. The molecular formula is C20H27N3O2. The van der Waals surface area contributed by atoms with Crippen molar-refractivity contribution in [1.29, 1.82) is 0 Å². The molecule has 0 saturated carbocycles. The van der Waals surface area contributed by atoms with Crippen LogP contribution in [0.2, 0.25) is 0 Å². The minimum atomic E-state index is 0.628. The number of anilines is 1. The maximum Gasteiger partial charge on any atom is 0.196 e. The van der Waals surface area contributed by atoms with Gasteiger partial charge in [-0.05, 0) is 24.6 Å². The minimum Gasteiger partial charge on any atom is -0.493 e. The van der Waals surface area contributed by atoms with Crippen LogP contribution in [0.4, 0.5) is 5.69 Å². The molecular weight excluding hydrogens is 314 g/mol. The third-order valence-corrected chi connectivity index (χ3v) is 3.47. The van der Waals surface area contributed by atoms with E-state index in [2.05, 4.69) is 34.7 Å². The summed E-state index contributed by atoms with van der Waals surface area (Å²) in [6, 6.07) is 18.1. The molecule has 2 aromatic rings. The van der Waals surface area contributed by atoms with Gasteiger partial charge >= 0.3 is 0 Å². The van der Waals surface area contributed by atoms with E-state index in [1.54, 1.807) is 7.11 Å². The van der Waals surface area contributed by atoms with Gasteiger partial charge in [-0.25, -0.2) is 4.99 Å². The summed E-state index contributed by atoms with van der Waals surface area (Å²) in [5, 5.41) is 6.59. The highest BCUT2D eigenvalue weighted by molar-refractivity contribution is 5.93. The largest absolute Gasteiger partial charge is 0.493 e. The lowest BCUT2D eigenvalue weighted by Gasteiger charge is -2.13. The van der Waals surface area contributed by atoms with E-state index >= 15 is 0 Å². The van der Waals surface area contributed by atoms with Crippen molar-refractivity contribution in [2.45, 2.75) is 19.9 Å². The Bertz CT molecular complexity index is 644. The molecule has 2 aromatic carbocycles. The number of hydrogen-bond donors (Lipinski definition) is 2. The smallest absolute Gasteiger partial charge is 0.196 e. The summed E-state index contributed by atoms with van der Waals surface area (Å²) in [6.07, 6.45) is 0.870. The van der Waals surface area contributed by atoms with E-state index in [9.17, 15) is 0 Å². The second-order valence-electron chi connectivity index (χ2n) is 5.53. The minimum absolute atomic E-state index is 0.628. The Hall–Kier alpha value is -2.53. The number of ether oxygens (including phenoxy) is 2. The highest BCUT2D eigenvalue weighted by Gasteiger charge is 2.01. The molecule has 0 atom stereocenters. The van der Waals surface area contributed by atoms with Crippen LogP contribution < -0.4 is 15.4 Å². The Labute approximate surface area is 150 Å². The van der Waals surface area contributed by atoms with E-state index < -0.39 is 0 Å². The first-order valence-corrected chi connectivity index (χ1v) is 8.63. The molecule has 0 aromatic heterocycles. The van der Waals surface area contributed by atoms with Crippen LogP contribution in [-0.4, -0.2) is 32.8 Å². The van der Waals surface area contributed by atoms with Gasteiger partial charge in [0.25, 0.3) is 0 Å². The molecule has 0 aliphatic carbocycles. The van der Waals surface area contributed by atoms with Crippen LogP contribution in [0.5, 0.6) is 5.75 Å². The van der Waals surface area contributed by atoms with E-state index in [1.165, 1.54) is 5.56 Å². The monoisotopic (exact) mass is 341 g/mol. The fourth-order valence-electron chi connectivity index (χ4n) is 2.25. The molecule has 0 bridgehead atoms. The van der Waals surface area contributed by atoms with Crippen LogP contribution in [0.1, 0.15) is 18.9 Å². The molecule has 2 rings (SSSR count). The lowest BCUT2D eigenvalue weighted by Crippen LogP contribution is -2.30. The summed E-state index contributed by atoms with van der Waals surface area (Å²) in [7, 11) is 1.70. The van der Waals surface area contributed by atoms with Crippen LogP contribution in [-0.2, 0) is 11.3 Å². The van der Waals surface area contributed by atoms with Gasteiger partial charge in [-0.2, -0.15) is 0 Å². The summed E-state index contributed by atoms with van der Waals surface area (Å²) in [5.74, 6) is 1.59. The second-order valence-corrected chi connectivity index (χ2v) is 5.53. The van der Waals surface area contributed by atoms with Crippen LogP contribution in [0.15, 0.2) is 59.6 Å². The van der Waals surface area contributed by atoms with Crippen molar-refractivity contribution >= 4 is 11.6 Å². The maximum atomic E-state index is 5.74. The van der Waals surface area contributed by atoms with Gasteiger partial charge in [-0.1, -0.05) is 36.4 Å². The molecule has 0 saturated heterocycles. The van der Waals surface area contributed by atoms with Gasteiger partial charge in [-0.15, -0.1) is 0 Å². The Balaban J connectivity index is 1.96. The summed E-state index contributed by atoms with van der Waals surface area (Å²) >= 11 is 0. The Morgan fingerprint density at radius 3 is 2.64 bits per heavy atom. The predicted molar refractivity (Wildman–Crippen MR) is 103 cm³/mol. The molecule has 0 unspecified atom stereocenters. The third-order valence-electron chi connectivity index (χ3n) is 3.47. The average molecular weight is 341 g/mol.